The Morgan fingerprint density at radius 1 is 1.14 bits per heavy atom. The third kappa shape index (κ3) is 3.85. The Kier molecular flexibility index (Phi) is 5.52. The molecule has 2 amide bonds. The Morgan fingerprint density at radius 2 is 1.89 bits per heavy atom. The summed E-state index contributed by atoms with van der Waals surface area (Å²) in [6.07, 6.45) is 3.74. The third-order valence-corrected chi connectivity index (χ3v) is 5.84. The lowest BCUT2D eigenvalue weighted by molar-refractivity contribution is -0.143. The van der Waals surface area contributed by atoms with Crippen LogP contribution in [0.1, 0.15) is 18.4 Å². The molecule has 0 saturated carbocycles. The molecular weight excluding hydrogens is 358 g/mol. The molecule has 4 rings (SSSR count). The first-order chi connectivity index (χ1) is 13.7. The number of hydrogen-bond acceptors (Lipinski definition) is 4. The van der Waals surface area contributed by atoms with E-state index in [2.05, 4.69) is 4.98 Å². The normalized spacial score (nSPS) is 18.5. The van der Waals surface area contributed by atoms with Gasteiger partial charge in [0.2, 0.25) is 11.8 Å². The molecule has 0 unspecified atom stereocenters. The lowest BCUT2D eigenvalue weighted by Gasteiger charge is -2.35. The molecule has 7 heteroatoms. The number of amides is 2. The van der Waals surface area contributed by atoms with Gasteiger partial charge in [0.15, 0.2) is 0 Å². The van der Waals surface area contributed by atoms with E-state index in [0.29, 0.717) is 45.8 Å². The molecule has 1 aromatic carbocycles. The maximum Gasteiger partial charge on any atom is 0.227 e. The summed E-state index contributed by atoms with van der Waals surface area (Å²) >= 11 is 0. The third-order valence-electron chi connectivity index (χ3n) is 5.84. The van der Waals surface area contributed by atoms with Crippen molar-refractivity contribution < 1.29 is 19.1 Å². The fourth-order valence-corrected chi connectivity index (χ4v) is 4.12. The van der Waals surface area contributed by atoms with Gasteiger partial charge in [0.1, 0.15) is 5.75 Å². The van der Waals surface area contributed by atoms with E-state index in [9.17, 15) is 9.59 Å². The van der Waals surface area contributed by atoms with Crippen LogP contribution in [0.15, 0.2) is 24.4 Å². The highest BCUT2D eigenvalue weighted by atomic mass is 16.5. The van der Waals surface area contributed by atoms with Crippen LogP contribution in [-0.4, -0.2) is 73.1 Å². The van der Waals surface area contributed by atoms with Crippen LogP contribution < -0.4 is 4.74 Å². The van der Waals surface area contributed by atoms with Gasteiger partial charge in [0.05, 0.1) is 26.7 Å². The van der Waals surface area contributed by atoms with Gasteiger partial charge in [-0.1, -0.05) is 0 Å². The van der Waals surface area contributed by atoms with Crippen molar-refractivity contribution in [3.63, 3.8) is 0 Å². The molecule has 0 bridgehead atoms. The second kappa shape index (κ2) is 8.22. The van der Waals surface area contributed by atoms with Gasteiger partial charge in [-0.3, -0.25) is 9.59 Å². The van der Waals surface area contributed by atoms with Crippen LogP contribution in [0.3, 0.4) is 0 Å². The molecule has 2 aliphatic rings. The number of nitrogens with zero attached hydrogens (tertiary/aromatic N) is 2. The number of ether oxygens (including phenoxy) is 2. The van der Waals surface area contributed by atoms with Crippen molar-refractivity contribution in [1.82, 2.24) is 14.8 Å². The summed E-state index contributed by atoms with van der Waals surface area (Å²) in [5.74, 6) is 1.14. The lowest BCUT2D eigenvalue weighted by Crippen LogP contribution is -2.47. The summed E-state index contributed by atoms with van der Waals surface area (Å²) < 4.78 is 10.6. The molecule has 28 heavy (non-hydrogen) atoms. The molecule has 0 radical (unpaired) electrons. The van der Waals surface area contributed by atoms with E-state index in [1.54, 1.807) is 7.11 Å². The molecule has 2 fully saturated rings. The van der Waals surface area contributed by atoms with Crippen LogP contribution in [0.4, 0.5) is 0 Å². The number of aromatic nitrogens is 1. The fraction of sp³-hybridized carbons (Fsp3) is 0.524. The van der Waals surface area contributed by atoms with E-state index in [4.69, 9.17) is 9.47 Å². The first kappa shape index (κ1) is 18.8. The number of rotatable bonds is 4. The Labute approximate surface area is 164 Å². The maximum absolute atomic E-state index is 12.8. The van der Waals surface area contributed by atoms with Gasteiger partial charge in [-0.2, -0.15) is 0 Å². The van der Waals surface area contributed by atoms with E-state index in [1.807, 2.05) is 34.2 Å². The minimum absolute atomic E-state index is 0.0273. The lowest BCUT2D eigenvalue weighted by atomic mass is 9.94. The van der Waals surface area contributed by atoms with Crippen LogP contribution in [0.25, 0.3) is 10.9 Å². The van der Waals surface area contributed by atoms with Gasteiger partial charge in [0.25, 0.3) is 0 Å². The number of morpholine rings is 1. The Morgan fingerprint density at radius 3 is 2.61 bits per heavy atom. The van der Waals surface area contributed by atoms with Crippen molar-refractivity contribution in [3.8, 4) is 5.75 Å². The van der Waals surface area contributed by atoms with Gasteiger partial charge >= 0.3 is 0 Å². The van der Waals surface area contributed by atoms with Crippen LogP contribution in [0.5, 0.6) is 5.75 Å². The number of nitrogens with one attached hydrogen (secondary N) is 1. The van der Waals surface area contributed by atoms with Gasteiger partial charge < -0.3 is 24.3 Å². The van der Waals surface area contributed by atoms with Crippen molar-refractivity contribution in [2.24, 2.45) is 5.92 Å². The second-order valence-electron chi connectivity index (χ2n) is 7.49. The maximum atomic E-state index is 12.8. The predicted octanol–water partition coefficient (Wildman–Crippen LogP) is 1.82. The Balaban J connectivity index is 1.35. The zero-order chi connectivity index (χ0) is 19.5. The van der Waals surface area contributed by atoms with Crippen LogP contribution in [-0.2, 0) is 20.7 Å². The molecule has 150 valence electrons. The van der Waals surface area contributed by atoms with E-state index < -0.39 is 0 Å². The van der Waals surface area contributed by atoms with Crippen molar-refractivity contribution in [1.29, 1.82) is 0 Å². The number of likely N-dealkylation sites (tertiary alicyclic amines) is 1. The summed E-state index contributed by atoms with van der Waals surface area (Å²) in [5, 5.41) is 1.02. The zero-order valence-electron chi connectivity index (χ0n) is 16.3. The average Bonchev–Trinajstić information content (AvgIpc) is 3.15. The standard InChI is InChI=1S/C21H27N3O4/c1-27-17-2-3-19-18(13-17)16(14-22-19)12-20(25)23-6-4-15(5-7-23)21(26)24-8-10-28-11-9-24/h2-3,13-15,22H,4-12H2,1H3. The summed E-state index contributed by atoms with van der Waals surface area (Å²) in [6, 6.07) is 5.83. The number of carbonyl (C=O) groups is 2. The number of methoxy groups -OCH3 is 1. The highest BCUT2D eigenvalue weighted by Crippen LogP contribution is 2.25. The van der Waals surface area contributed by atoms with E-state index in [-0.39, 0.29) is 17.7 Å². The first-order valence-corrected chi connectivity index (χ1v) is 9.94. The SMILES string of the molecule is COc1ccc2[nH]cc(CC(=O)N3CCC(C(=O)N4CCOCC4)CC3)c2c1. The van der Waals surface area contributed by atoms with Crippen LogP contribution >= 0.6 is 0 Å². The molecule has 2 aliphatic heterocycles. The monoisotopic (exact) mass is 385 g/mol. The van der Waals surface area contributed by atoms with Gasteiger partial charge in [-0.15, -0.1) is 0 Å². The first-order valence-electron chi connectivity index (χ1n) is 9.94. The quantitative estimate of drug-likeness (QED) is 0.871. The fourth-order valence-electron chi connectivity index (χ4n) is 4.12. The summed E-state index contributed by atoms with van der Waals surface area (Å²) in [7, 11) is 1.64. The van der Waals surface area contributed by atoms with Crippen molar-refractivity contribution in [2.75, 3.05) is 46.5 Å². The van der Waals surface area contributed by atoms with Crippen LogP contribution in [0, 0.1) is 5.92 Å². The minimum Gasteiger partial charge on any atom is -0.497 e. The summed E-state index contributed by atoms with van der Waals surface area (Å²) in [5.41, 5.74) is 1.98. The van der Waals surface area contributed by atoms with Gasteiger partial charge in [0, 0.05) is 49.2 Å². The topological polar surface area (TPSA) is 74.9 Å². The molecule has 2 saturated heterocycles. The molecule has 2 aromatic rings. The summed E-state index contributed by atoms with van der Waals surface area (Å²) in [4.78, 5) is 32.5. The van der Waals surface area contributed by atoms with Crippen molar-refractivity contribution >= 4 is 22.7 Å². The number of carbonyl (C=O) groups excluding carboxylic acids is 2. The number of piperidine rings is 1. The molecular formula is C21H27N3O4. The van der Waals surface area contributed by atoms with E-state index in [0.717, 1.165) is 35.1 Å². The molecule has 1 N–H and O–H groups in total. The molecule has 3 heterocycles. The largest absolute Gasteiger partial charge is 0.497 e. The Bertz CT molecular complexity index is 848. The minimum atomic E-state index is 0.0273. The summed E-state index contributed by atoms with van der Waals surface area (Å²) in [6.45, 7) is 3.90. The van der Waals surface area contributed by atoms with Gasteiger partial charge in [-0.25, -0.2) is 0 Å². The molecule has 1 aromatic heterocycles. The van der Waals surface area contributed by atoms with Crippen LogP contribution in [0.2, 0.25) is 0 Å². The number of hydrogen-bond donors (Lipinski definition) is 1. The van der Waals surface area contributed by atoms with E-state index >= 15 is 0 Å². The molecule has 0 aliphatic carbocycles. The zero-order valence-corrected chi connectivity index (χ0v) is 16.3. The highest BCUT2D eigenvalue weighted by molar-refractivity contribution is 5.90. The van der Waals surface area contributed by atoms with Gasteiger partial charge in [-0.05, 0) is 36.6 Å². The van der Waals surface area contributed by atoms with E-state index in [1.165, 1.54) is 0 Å². The molecule has 0 atom stereocenters. The number of fused-ring (bicyclic) bond motifs is 1. The number of aromatic amines is 1. The highest BCUT2D eigenvalue weighted by Gasteiger charge is 2.31. The average molecular weight is 385 g/mol. The predicted molar refractivity (Wildman–Crippen MR) is 105 cm³/mol. The van der Waals surface area contributed by atoms with Crippen molar-refractivity contribution in [2.45, 2.75) is 19.3 Å². The Hall–Kier alpha value is -2.54. The second-order valence-corrected chi connectivity index (χ2v) is 7.49. The number of benzene rings is 1. The molecule has 7 nitrogen and oxygen atoms in total. The molecule has 0 spiro atoms. The number of H-pyrrole nitrogens is 1. The smallest absolute Gasteiger partial charge is 0.227 e. The van der Waals surface area contributed by atoms with Crippen molar-refractivity contribution in [3.05, 3.63) is 30.0 Å².